The molecule has 122 valence electrons. The quantitative estimate of drug-likeness (QED) is 0.440. The Morgan fingerprint density at radius 2 is 1.52 bits per heavy atom. The highest BCUT2D eigenvalue weighted by atomic mass is 19.1. The summed E-state index contributed by atoms with van der Waals surface area (Å²) in [5, 5.41) is 2.07. The average molecular weight is 325 g/mol. The number of nitrogens with one attached hydrogen (secondary N) is 1. The normalized spacial score (nSPS) is 11.1. The van der Waals surface area contributed by atoms with Crippen molar-refractivity contribution in [1.29, 1.82) is 0 Å². The molecular formula is C14H12FNO7. The zero-order valence-corrected chi connectivity index (χ0v) is 12.1. The van der Waals surface area contributed by atoms with E-state index in [4.69, 9.17) is 0 Å². The second-order valence-electron chi connectivity index (χ2n) is 4.14. The molecule has 1 rings (SSSR count). The molecule has 0 aliphatic heterocycles. The molecule has 0 aromatic heterocycles. The molecule has 1 amide bonds. The van der Waals surface area contributed by atoms with Crippen LogP contribution in [0.3, 0.4) is 0 Å². The molecule has 0 aliphatic rings. The van der Waals surface area contributed by atoms with Crippen LogP contribution < -0.4 is 5.32 Å². The van der Waals surface area contributed by atoms with Crippen molar-refractivity contribution in [2.45, 2.75) is 0 Å². The fourth-order valence-corrected chi connectivity index (χ4v) is 1.53. The fraction of sp³-hybridized carbons (Fsp3) is 0.214. The Balaban J connectivity index is 2.97. The van der Waals surface area contributed by atoms with Gasteiger partial charge in [0.2, 0.25) is 5.78 Å². The molecule has 0 fully saturated rings. The highest BCUT2D eigenvalue weighted by Crippen LogP contribution is 2.11. The van der Waals surface area contributed by atoms with E-state index in [1.165, 1.54) is 0 Å². The van der Waals surface area contributed by atoms with Crippen molar-refractivity contribution in [3.63, 3.8) is 0 Å². The van der Waals surface area contributed by atoms with Crippen molar-refractivity contribution in [2.24, 2.45) is 5.92 Å². The summed E-state index contributed by atoms with van der Waals surface area (Å²) in [7, 11) is 1.75. The first-order valence-corrected chi connectivity index (χ1v) is 6.12. The predicted molar refractivity (Wildman–Crippen MR) is 72.6 cm³/mol. The lowest BCUT2D eigenvalue weighted by Gasteiger charge is -2.11. The van der Waals surface area contributed by atoms with E-state index in [2.05, 4.69) is 14.8 Å². The number of rotatable bonds is 6. The van der Waals surface area contributed by atoms with Gasteiger partial charge in [-0.25, -0.2) is 9.18 Å². The van der Waals surface area contributed by atoms with Crippen LogP contribution in [0.25, 0.3) is 0 Å². The Hall–Kier alpha value is -3.10. The number of esters is 2. The van der Waals surface area contributed by atoms with Gasteiger partial charge in [0.25, 0.3) is 11.7 Å². The van der Waals surface area contributed by atoms with Gasteiger partial charge in [-0.2, -0.15) is 0 Å². The number of amides is 1. The molecule has 1 aromatic carbocycles. The Morgan fingerprint density at radius 1 is 0.957 bits per heavy atom. The first kappa shape index (κ1) is 18.0. The third-order valence-corrected chi connectivity index (χ3v) is 2.67. The van der Waals surface area contributed by atoms with Crippen LogP contribution >= 0.6 is 0 Å². The van der Waals surface area contributed by atoms with Crippen LogP contribution in [0.2, 0.25) is 0 Å². The van der Waals surface area contributed by atoms with Crippen molar-refractivity contribution in [2.75, 3.05) is 19.5 Å². The molecule has 23 heavy (non-hydrogen) atoms. The number of Topliss-reactive ketones (excluding diaryl/α,β-unsaturated/α-hetero) is 2. The monoisotopic (exact) mass is 325 g/mol. The molecule has 0 spiro atoms. The van der Waals surface area contributed by atoms with E-state index in [9.17, 15) is 28.4 Å². The number of ketones is 2. The molecule has 0 saturated carbocycles. The molecule has 0 bridgehead atoms. The summed E-state index contributed by atoms with van der Waals surface area (Å²) in [6.07, 6.45) is 0. The summed E-state index contributed by atoms with van der Waals surface area (Å²) < 4.78 is 21.1. The van der Waals surface area contributed by atoms with Crippen molar-refractivity contribution in [3.05, 3.63) is 30.1 Å². The van der Waals surface area contributed by atoms with Gasteiger partial charge in [0.05, 0.1) is 14.2 Å². The highest BCUT2D eigenvalue weighted by molar-refractivity contribution is 6.54. The van der Waals surface area contributed by atoms with Gasteiger partial charge in [0, 0.05) is 5.69 Å². The first-order chi connectivity index (χ1) is 10.8. The highest BCUT2D eigenvalue weighted by Gasteiger charge is 2.42. The summed E-state index contributed by atoms with van der Waals surface area (Å²) in [4.78, 5) is 58.2. The maximum atomic E-state index is 12.8. The zero-order chi connectivity index (χ0) is 17.6. The Labute approximate surface area is 129 Å². The number of hydrogen-bond acceptors (Lipinski definition) is 7. The minimum absolute atomic E-state index is 0.0545. The smallest absolute Gasteiger partial charge is 0.375 e. The number of halogens is 1. The van der Waals surface area contributed by atoms with Crippen LogP contribution in [0.5, 0.6) is 0 Å². The number of carbonyl (C=O) groups is 5. The van der Waals surface area contributed by atoms with E-state index in [-0.39, 0.29) is 5.69 Å². The topological polar surface area (TPSA) is 116 Å². The second-order valence-corrected chi connectivity index (χ2v) is 4.14. The molecule has 1 N–H and O–H groups in total. The summed E-state index contributed by atoms with van der Waals surface area (Å²) in [6.45, 7) is 0. The average Bonchev–Trinajstić information content (AvgIpc) is 2.55. The maximum absolute atomic E-state index is 12.8. The number of anilines is 1. The van der Waals surface area contributed by atoms with E-state index < -0.39 is 41.1 Å². The minimum atomic E-state index is -2.27. The van der Waals surface area contributed by atoms with E-state index in [0.29, 0.717) is 0 Å². The number of methoxy groups -OCH3 is 2. The van der Waals surface area contributed by atoms with Crippen molar-refractivity contribution in [3.8, 4) is 0 Å². The Bertz CT molecular complexity index is 654. The molecule has 9 heteroatoms. The van der Waals surface area contributed by atoms with Gasteiger partial charge >= 0.3 is 11.9 Å². The lowest BCUT2D eigenvalue weighted by Crippen LogP contribution is -2.42. The largest absolute Gasteiger partial charge is 0.468 e. The second kappa shape index (κ2) is 7.78. The van der Waals surface area contributed by atoms with Gasteiger partial charge < -0.3 is 14.8 Å². The third kappa shape index (κ3) is 4.43. The van der Waals surface area contributed by atoms with Gasteiger partial charge in [0.15, 0.2) is 5.92 Å². The Kier molecular flexibility index (Phi) is 6.07. The van der Waals surface area contributed by atoms with Crippen LogP contribution in [0.4, 0.5) is 10.1 Å². The summed E-state index contributed by atoms with van der Waals surface area (Å²) in [5.74, 6) is -10.1. The molecule has 1 unspecified atom stereocenters. The number of benzene rings is 1. The molecule has 8 nitrogen and oxygen atoms in total. The fourth-order valence-electron chi connectivity index (χ4n) is 1.53. The van der Waals surface area contributed by atoms with Crippen LogP contribution in [-0.2, 0) is 33.4 Å². The summed E-state index contributed by atoms with van der Waals surface area (Å²) in [6, 6.07) is 4.38. The molecule has 0 radical (unpaired) electrons. The SMILES string of the molecule is COC(=O)C(=O)C(C(=O)OC)C(=O)C(=O)Nc1ccc(F)cc1. The van der Waals surface area contributed by atoms with Crippen molar-refractivity contribution >= 4 is 35.1 Å². The number of hydrogen-bond donors (Lipinski definition) is 1. The predicted octanol–water partition coefficient (Wildman–Crippen LogP) is -0.135. The van der Waals surface area contributed by atoms with Gasteiger partial charge in [-0.1, -0.05) is 0 Å². The van der Waals surface area contributed by atoms with E-state index in [0.717, 1.165) is 38.5 Å². The summed E-state index contributed by atoms with van der Waals surface area (Å²) in [5.41, 5.74) is 0.0545. The molecule has 1 atom stereocenters. The lowest BCUT2D eigenvalue weighted by atomic mass is 9.98. The standard InChI is InChI=1S/C14H12FNO7/c1-22-13(20)9(11(18)14(21)23-2)10(17)12(19)16-8-5-3-7(15)4-6-8/h3-6,9H,1-2H3,(H,16,19). The first-order valence-electron chi connectivity index (χ1n) is 6.12. The van der Waals surface area contributed by atoms with Gasteiger partial charge in [-0.3, -0.25) is 19.2 Å². The van der Waals surface area contributed by atoms with Gasteiger partial charge in [-0.05, 0) is 24.3 Å². The van der Waals surface area contributed by atoms with E-state index in [1.807, 2.05) is 0 Å². The third-order valence-electron chi connectivity index (χ3n) is 2.67. The van der Waals surface area contributed by atoms with Crippen molar-refractivity contribution in [1.82, 2.24) is 0 Å². The molecular weight excluding hydrogens is 313 g/mol. The molecule has 1 aromatic rings. The molecule has 0 saturated heterocycles. The lowest BCUT2D eigenvalue weighted by molar-refractivity contribution is -0.163. The van der Waals surface area contributed by atoms with Crippen LogP contribution in [0, 0.1) is 11.7 Å². The van der Waals surface area contributed by atoms with E-state index in [1.54, 1.807) is 0 Å². The molecule has 0 heterocycles. The Morgan fingerprint density at radius 3 is 2.00 bits per heavy atom. The minimum Gasteiger partial charge on any atom is -0.468 e. The van der Waals surface area contributed by atoms with Crippen LogP contribution in [0.15, 0.2) is 24.3 Å². The van der Waals surface area contributed by atoms with E-state index >= 15 is 0 Å². The number of ether oxygens (including phenoxy) is 2. The van der Waals surface area contributed by atoms with Crippen LogP contribution in [0.1, 0.15) is 0 Å². The maximum Gasteiger partial charge on any atom is 0.375 e. The zero-order valence-electron chi connectivity index (χ0n) is 12.1. The molecule has 0 aliphatic carbocycles. The number of carbonyl (C=O) groups excluding carboxylic acids is 5. The van der Waals surface area contributed by atoms with Crippen molar-refractivity contribution < 1.29 is 37.8 Å². The van der Waals surface area contributed by atoms with Gasteiger partial charge in [0.1, 0.15) is 5.82 Å². The summed E-state index contributed by atoms with van der Waals surface area (Å²) >= 11 is 0. The van der Waals surface area contributed by atoms with Gasteiger partial charge in [-0.15, -0.1) is 0 Å². The van der Waals surface area contributed by atoms with Crippen LogP contribution in [-0.4, -0.2) is 43.6 Å².